The second-order valence-corrected chi connectivity index (χ2v) is 3.90. The molecule has 0 saturated heterocycles. The maximum absolute atomic E-state index is 13.4. The summed E-state index contributed by atoms with van der Waals surface area (Å²) < 4.78 is 14.0. The Bertz CT molecular complexity index is 372. The molecule has 0 saturated carbocycles. The first-order valence-corrected chi connectivity index (χ1v) is 5.06. The van der Waals surface area contributed by atoms with Crippen LogP contribution in [0, 0.1) is 5.82 Å². The maximum Gasteiger partial charge on any atom is 0.239 e. The van der Waals surface area contributed by atoms with E-state index in [0.717, 1.165) is 0 Å². The molecule has 82 valence electrons. The molecule has 0 fully saturated rings. The number of carbonyl (C=O) groups is 1. The van der Waals surface area contributed by atoms with Crippen LogP contribution in [0.15, 0.2) is 16.7 Å². The number of hydrogen-bond donors (Lipinski definition) is 1. The van der Waals surface area contributed by atoms with Gasteiger partial charge in [-0.15, -0.1) is 0 Å². The van der Waals surface area contributed by atoms with Gasteiger partial charge in [0.1, 0.15) is 0 Å². The molecule has 15 heavy (non-hydrogen) atoms. The average molecular weight is 276 g/mol. The van der Waals surface area contributed by atoms with Gasteiger partial charge in [-0.3, -0.25) is 4.79 Å². The van der Waals surface area contributed by atoms with Gasteiger partial charge in [-0.2, -0.15) is 0 Å². The SMILES string of the molecule is CNC(=O)CN(C)c1ncc(Br)cc1F. The molecular formula is C9H11BrFN3O. The molecule has 0 unspecified atom stereocenters. The van der Waals surface area contributed by atoms with Gasteiger partial charge in [-0.05, 0) is 22.0 Å². The summed E-state index contributed by atoms with van der Waals surface area (Å²) in [6.45, 7) is 0.0715. The normalized spacial score (nSPS) is 9.87. The Balaban J connectivity index is 2.82. The summed E-state index contributed by atoms with van der Waals surface area (Å²) in [5.74, 6) is -0.501. The summed E-state index contributed by atoms with van der Waals surface area (Å²) in [5, 5.41) is 2.46. The van der Waals surface area contributed by atoms with Gasteiger partial charge >= 0.3 is 0 Å². The molecule has 1 aromatic heterocycles. The number of hydrogen-bond acceptors (Lipinski definition) is 3. The van der Waals surface area contributed by atoms with Crippen molar-refractivity contribution in [1.29, 1.82) is 0 Å². The van der Waals surface area contributed by atoms with E-state index in [-0.39, 0.29) is 18.3 Å². The number of rotatable bonds is 3. The molecule has 0 aromatic carbocycles. The van der Waals surface area contributed by atoms with E-state index in [4.69, 9.17) is 0 Å². The maximum atomic E-state index is 13.4. The third-order valence-corrected chi connectivity index (χ3v) is 2.24. The number of likely N-dealkylation sites (N-methyl/N-ethyl adjacent to an activating group) is 2. The van der Waals surface area contributed by atoms with Crippen LogP contribution in [-0.2, 0) is 4.79 Å². The Kier molecular flexibility index (Phi) is 4.02. The number of pyridine rings is 1. The van der Waals surface area contributed by atoms with Crippen LogP contribution in [0.4, 0.5) is 10.2 Å². The van der Waals surface area contributed by atoms with Crippen LogP contribution >= 0.6 is 15.9 Å². The van der Waals surface area contributed by atoms with Crippen molar-refractivity contribution in [3.8, 4) is 0 Å². The van der Waals surface area contributed by atoms with Gasteiger partial charge < -0.3 is 10.2 Å². The van der Waals surface area contributed by atoms with Crippen LogP contribution < -0.4 is 10.2 Å². The second-order valence-electron chi connectivity index (χ2n) is 2.99. The lowest BCUT2D eigenvalue weighted by Gasteiger charge is -2.17. The van der Waals surface area contributed by atoms with Crippen molar-refractivity contribution >= 4 is 27.7 Å². The van der Waals surface area contributed by atoms with Crippen molar-refractivity contribution in [3.63, 3.8) is 0 Å². The molecule has 0 aliphatic rings. The molecule has 4 nitrogen and oxygen atoms in total. The molecule has 0 atom stereocenters. The molecule has 0 aliphatic heterocycles. The third-order valence-electron chi connectivity index (χ3n) is 1.81. The van der Waals surface area contributed by atoms with E-state index < -0.39 is 5.82 Å². The predicted octanol–water partition coefficient (Wildman–Crippen LogP) is 1.17. The first kappa shape index (κ1) is 11.9. The number of halogens is 2. The van der Waals surface area contributed by atoms with Gasteiger partial charge in [-0.25, -0.2) is 9.37 Å². The van der Waals surface area contributed by atoms with Gasteiger partial charge in [0.25, 0.3) is 0 Å². The van der Waals surface area contributed by atoms with E-state index in [9.17, 15) is 9.18 Å². The van der Waals surface area contributed by atoms with E-state index in [2.05, 4.69) is 26.2 Å². The van der Waals surface area contributed by atoms with E-state index in [1.807, 2.05) is 0 Å². The van der Waals surface area contributed by atoms with E-state index in [0.29, 0.717) is 4.47 Å². The lowest BCUT2D eigenvalue weighted by molar-refractivity contribution is -0.119. The van der Waals surface area contributed by atoms with Crippen molar-refractivity contribution < 1.29 is 9.18 Å². The minimum Gasteiger partial charge on any atom is -0.358 e. The Morgan fingerprint density at radius 1 is 1.73 bits per heavy atom. The van der Waals surface area contributed by atoms with Gasteiger partial charge in [0.05, 0.1) is 6.54 Å². The van der Waals surface area contributed by atoms with Crippen LogP contribution in [0.2, 0.25) is 0 Å². The van der Waals surface area contributed by atoms with E-state index >= 15 is 0 Å². The highest BCUT2D eigenvalue weighted by molar-refractivity contribution is 9.10. The quantitative estimate of drug-likeness (QED) is 0.901. The summed E-state index contributed by atoms with van der Waals surface area (Å²) in [6, 6.07) is 1.31. The van der Waals surface area contributed by atoms with Crippen LogP contribution in [0.25, 0.3) is 0 Å². The number of nitrogens with one attached hydrogen (secondary N) is 1. The Morgan fingerprint density at radius 3 is 2.93 bits per heavy atom. The molecule has 1 heterocycles. The summed E-state index contributed by atoms with van der Waals surface area (Å²) in [6.07, 6.45) is 1.48. The molecule has 1 rings (SSSR count). The molecule has 0 spiro atoms. The Labute approximate surface area is 95.6 Å². The smallest absolute Gasteiger partial charge is 0.239 e. The molecule has 6 heteroatoms. The highest BCUT2D eigenvalue weighted by atomic mass is 79.9. The third kappa shape index (κ3) is 3.16. The minimum atomic E-state index is -0.462. The molecule has 1 aromatic rings. The summed E-state index contributed by atoms with van der Waals surface area (Å²) in [4.78, 5) is 16.4. The van der Waals surface area contributed by atoms with Crippen molar-refractivity contribution in [2.75, 3.05) is 25.5 Å². The molecule has 0 radical (unpaired) electrons. The van der Waals surface area contributed by atoms with Gasteiger partial charge in [-0.1, -0.05) is 0 Å². The highest BCUT2D eigenvalue weighted by Gasteiger charge is 2.12. The monoisotopic (exact) mass is 275 g/mol. The number of amides is 1. The van der Waals surface area contributed by atoms with Gasteiger partial charge in [0, 0.05) is 24.8 Å². The number of carbonyl (C=O) groups excluding carboxylic acids is 1. The zero-order chi connectivity index (χ0) is 11.4. The average Bonchev–Trinajstić information content (AvgIpc) is 2.17. The number of aromatic nitrogens is 1. The first-order valence-electron chi connectivity index (χ1n) is 4.27. The first-order chi connectivity index (χ1) is 7.04. The fourth-order valence-corrected chi connectivity index (χ4v) is 1.36. The van der Waals surface area contributed by atoms with E-state index in [1.54, 1.807) is 7.05 Å². The van der Waals surface area contributed by atoms with Gasteiger partial charge in [0.15, 0.2) is 11.6 Å². The summed E-state index contributed by atoms with van der Waals surface area (Å²) >= 11 is 3.11. The number of anilines is 1. The highest BCUT2D eigenvalue weighted by Crippen LogP contribution is 2.18. The second kappa shape index (κ2) is 5.06. The lowest BCUT2D eigenvalue weighted by atomic mass is 10.4. The topological polar surface area (TPSA) is 45.2 Å². The minimum absolute atomic E-state index is 0.0715. The fourth-order valence-electron chi connectivity index (χ4n) is 1.06. The summed E-state index contributed by atoms with van der Waals surface area (Å²) in [5.41, 5.74) is 0. The zero-order valence-electron chi connectivity index (χ0n) is 8.42. The zero-order valence-corrected chi connectivity index (χ0v) is 10.0. The largest absolute Gasteiger partial charge is 0.358 e. The number of nitrogens with zero attached hydrogens (tertiary/aromatic N) is 2. The molecular weight excluding hydrogens is 265 g/mol. The molecule has 1 amide bonds. The van der Waals surface area contributed by atoms with Crippen LogP contribution in [0.3, 0.4) is 0 Å². The molecule has 0 aliphatic carbocycles. The lowest BCUT2D eigenvalue weighted by Crippen LogP contribution is -2.33. The standard InChI is InChI=1S/C9H11BrFN3O/c1-12-8(15)5-14(2)9-7(11)3-6(10)4-13-9/h3-4H,5H2,1-2H3,(H,12,15). The van der Waals surface area contributed by atoms with Crippen molar-refractivity contribution in [2.45, 2.75) is 0 Å². The fraction of sp³-hybridized carbons (Fsp3) is 0.333. The van der Waals surface area contributed by atoms with Crippen molar-refractivity contribution in [2.24, 2.45) is 0 Å². The molecule has 0 bridgehead atoms. The molecule has 1 N–H and O–H groups in total. The Morgan fingerprint density at radius 2 is 2.40 bits per heavy atom. The van der Waals surface area contributed by atoms with Crippen LogP contribution in [-0.4, -0.2) is 31.5 Å². The van der Waals surface area contributed by atoms with E-state index in [1.165, 1.54) is 24.2 Å². The van der Waals surface area contributed by atoms with Crippen molar-refractivity contribution in [3.05, 3.63) is 22.6 Å². The van der Waals surface area contributed by atoms with Crippen LogP contribution in [0.1, 0.15) is 0 Å². The van der Waals surface area contributed by atoms with Crippen LogP contribution in [0.5, 0.6) is 0 Å². The predicted molar refractivity (Wildman–Crippen MR) is 59.2 cm³/mol. The van der Waals surface area contributed by atoms with Gasteiger partial charge in [0.2, 0.25) is 5.91 Å². The Hall–Kier alpha value is -1.17. The van der Waals surface area contributed by atoms with Crippen molar-refractivity contribution in [1.82, 2.24) is 10.3 Å². The summed E-state index contributed by atoms with van der Waals surface area (Å²) in [7, 11) is 3.14.